The van der Waals surface area contributed by atoms with Crippen LogP contribution in [0, 0.1) is 19.8 Å². The number of nitrogens with one attached hydrogen (secondary N) is 1. The molecule has 1 rings (SSSR count). The van der Waals surface area contributed by atoms with Gasteiger partial charge in [0.2, 0.25) is 5.91 Å². The van der Waals surface area contributed by atoms with E-state index < -0.39 is 11.9 Å². The molecule has 0 aromatic carbocycles. The highest BCUT2D eigenvalue weighted by atomic mass is 16.4. The van der Waals surface area contributed by atoms with Gasteiger partial charge in [0.15, 0.2) is 0 Å². The van der Waals surface area contributed by atoms with E-state index >= 15 is 0 Å². The highest BCUT2D eigenvalue weighted by Gasteiger charge is 2.17. The van der Waals surface area contributed by atoms with Crippen LogP contribution in [-0.4, -0.2) is 33.3 Å². The minimum atomic E-state index is -0.867. The second-order valence-corrected chi connectivity index (χ2v) is 4.71. The molecule has 1 atom stereocenters. The molecule has 19 heavy (non-hydrogen) atoms. The summed E-state index contributed by atoms with van der Waals surface area (Å²) in [7, 11) is 0. The zero-order valence-corrected chi connectivity index (χ0v) is 11.6. The standard InChI is InChI=1S/C13H21N3O3/c1-4-5-11(13(18)19)7-14-12(17)8-16-10(3)6-9(2)15-16/h6,11H,4-5,7-8H2,1-3H3,(H,14,17)(H,18,19). The third kappa shape index (κ3) is 4.73. The van der Waals surface area contributed by atoms with Crippen LogP contribution in [0.2, 0.25) is 0 Å². The molecule has 6 nitrogen and oxygen atoms in total. The van der Waals surface area contributed by atoms with E-state index in [0.29, 0.717) is 6.42 Å². The molecule has 0 spiro atoms. The number of nitrogens with zero attached hydrogens (tertiary/aromatic N) is 2. The Balaban J connectivity index is 2.47. The van der Waals surface area contributed by atoms with Crippen LogP contribution in [0.1, 0.15) is 31.2 Å². The molecule has 1 aromatic heterocycles. The lowest BCUT2D eigenvalue weighted by atomic mass is 10.0. The smallest absolute Gasteiger partial charge is 0.308 e. The SMILES string of the molecule is CCCC(CNC(=O)Cn1nc(C)cc1C)C(=O)O. The van der Waals surface area contributed by atoms with Gasteiger partial charge in [-0.1, -0.05) is 13.3 Å². The maximum Gasteiger partial charge on any atom is 0.308 e. The predicted molar refractivity (Wildman–Crippen MR) is 70.7 cm³/mol. The lowest BCUT2D eigenvalue weighted by molar-refractivity contribution is -0.141. The number of carbonyl (C=O) groups excluding carboxylic acids is 1. The van der Waals surface area contributed by atoms with Crippen molar-refractivity contribution in [1.29, 1.82) is 0 Å². The normalized spacial score (nSPS) is 12.2. The van der Waals surface area contributed by atoms with Crippen molar-refractivity contribution in [2.24, 2.45) is 5.92 Å². The van der Waals surface area contributed by atoms with Gasteiger partial charge in [0.25, 0.3) is 0 Å². The van der Waals surface area contributed by atoms with Crippen LogP contribution in [0.5, 0.6) is 0 Å². The third-order valence-electron chi connectivity index (χ3n) is 2.93. The summed E-state index contributed by atoms with van der Waals surface area (Å²) in [5.74, 6) is -1.60. The minimum absolute atomic E-state index is 0.123. The van der Waals surface area contributed by atoms with Gasteiger partial charge in [0, 0.05) is 12.2 Å². The first kappa shape index (κ1) is 15.2. The average Bonchev–Trinajstić information content (AvgIpc) is 2.62. The van der Waals surface area contributed by atoms with Crippen LogP contribution in [0.3, 0.4) is 0 Å². The molecule has 0 bridgehead atoms. The summed E-state index contributed by atoms with van der Waals surface area (Å²) in [6.45, 7) is 5.96. The zero-order chi connectivity index (χ0) is 14.4. The fourth-order valence-corrected chi connectivity index (χ4v) is 1.93. The van der Waals surface area contributed by atoms with Gasteiger partial charge in [-0.2, -0.15) is 5.10 Å². The summed E-state index contributed by atoms with van der Waals surface area (Å²) in [5.41, 5.74) is 1.77. The van der Waals surface area contributed by atoms with Gasteiger partial charge in [0.05, 0.1) is 11.6 Å². The van der Waals surface area contributed by atoms with Gasteiger partial charge in [0.1, 0.15) is 6.54 Å². The van der Waals surface area contributed by atoms with Gasteiger partial charge >= 0.3 is 5.97 Å². The Morgan fingerprint density at radius 1 is 1.47 bits per heavy atom. The van der Waals surface area contributed by atoms with Gasteiger partial charge in [-0.05, 0) is 26.3 Å². The molecule has 2 N–H and O–H groups in total. The van der Waals surface area contributed by atoms with E-state index in [1.165, 1.54) is 0 Å². The van der Waals surface area contributed by atoms with Crippen LogP contribution in [-0.2, 0) is 16.1 Å². The molecule has 0 aliphatic heterocycles. The van der Waals surface area contributed by atoms with Gasteiger partial charge in [-0.25, -0.2) is 0 Å². The number of amides is 1. The molecule has 0 aliphatic rings. The number of carbonyl (C=O) groups is 2. The monoisotopic (exact) mass is 267 g/mol. The fourth-order valence-electron chi connectivity index (χ4n) is 1.93. The van der Waals surface area contributed by atoms with Crippen molar-refractivity contribution >= 4 is 11.9 Å². The van der Waals surface area contributed by atoms with Crippen LogP contribution in [0.25, 0.3) is 0 Å². The van der Waals surface area contributed by atoms with Crippen molar-refractivity contribution < 1.29 is 14.7 Å². The van der Waals surface area contributed by atoms with Crippen molar-refractivity contribution in [3.05, 3.63) is 17.5 Å². The summed E-state index contributed by atoms with van der Waals surface area (Å²) < 4.78 is 1.61. The van der Waals surface area contributed by atoms with Crippen molar-refractivity contribution in [2.45, 2.75) is 40.2 Å². The number of carboxylic acids is 1. The summed E-state index contributed by atoms with van der Waals surface area (Å²) in [4.78, 5) is 22.7. The van der Waals surface area contributed by atoms with E-state index in [2.05, 4.69) is 10.4 Å². The molecule has 0 radical (unpaired) electrons. The highest BCUT2D eigenvalue weighted by Crippen LogP contribution is 2.05. The number of aliphatic carboxylic acids is 1. The summed E-state index contributed by atoms with van der Waals surface area (Å²) in [6, 6.07) is 1.89. The highest BCUT2D eigenvalue weighted by molar-refractivity contribution is 5.77. The van der Waals surface area contributed by atoms with E-state index in [1.54, 1.807) is 4.68 Å². The first-order chi connectivity index (χ1) is 8.93. The van der Waals surface area contributed by atoms with Crippen LogP contribution in [0.4, 0.5) is 0 Å². The van der Waals surface area contributed by atoms with Crippen LogP contribution >= 0.6 is 0 Å². The molecule has 1 aromatic rings. The number of hydrogen-bond donors (Lipinski definition) is 2. The topological polar surface area (TPSA) is 84.2 Å². The Bertz CT molecular complexity index is 454. The first-order valence-electron chi connectivity index (χ1n) is 6.44. The molecule has 1 amide bonds. The molecular formula is C13H21N3O3. The molecular weight excluding hydrogens is 246 g/mol. The quantitative estimate of drug-likeness (QED) is 0.775. The fraction of sp³-hybridized carbons (Fsp3) is 0.615. The van der Waals surface area contributed by atoms with Gasteiger partial charge in [-0.3, -0.25) is 14.3 Å². The maximum atomic E-state index is 11.7. The number of carboxylic acid groups (broad SMARTS) is 1. The summed E-state index contributed by atoms with van der Waals surface area (Å²) >= 11 is 0. The largest absolute Gasteiger partial charge is 0.481 e. The van der Waals surface area contributed by atoms with Crippen LogP contribution in [0.15, 0.2) is 6.07 Å². The van der Waals surface area contributed by atoms with E-state index in [4.69, 9.17) is 5.11 Å². The van der Waals surface area contributed by atoms with Gasteiger partial charge in [-0.15, -0.1) is 0 Å². The van der Waals surface area contributed by atoms with Crippen LogP contribution < -0.4 is 5.32 Å². The lowest BCUT2D eigenvalue weighted by Gasteiger charge is -2.12. The van der Waals surface area contributed by atoms with Crippen molar-refractivity contribution in [1.82, 2.24) is 15.1 Å². The number of hydrogen-bond acceptors (Lipinski definition) is 3. The van der Waals surface area contributed by atoms with Crippen molar-refractivity contribution in [3.63, 3.8) is 0 Å². The second kappa shape index (κ2) is 6.92. The molecule has 0 fully saturated rings. The van der Waals surface area contributed by atoms with E-state index in [9.17, 15) is 9.59 Å². The summed E-state index contributed by atoms with van der Waals surface area (Å²) in [5, 5.41) is 15.8. The first-order valence-corrected chi connectivity index (χ1v) is 6.44. The zero-order valence-electron chi connectivity index (χ0n) is 11.6. The Hall–Kier alpha value is -1.85. The number of rotatable bonds is 7. The number of aromatic nitrogens is 2. The Morgan fingerprint density at radius 3 is 2.63 bits per heavy atom. The summed E-state index contributed by atoms with van der Waals surface area (Å²) in [6.07, 6.45) is 1.35. The number of aryl methyl sites for hydroxylation is 2. The Morgan fingerprint density at radius 2 is 2.16 bits per heavy atom. The van der Waals surface area contributed by atoms with E-state index in [-0.39, 0.29) is 19.0 Å². The molecule has 6 heteroatoms. The predicted octanol–water partition coefficient (Wildman–Crippen LogP) is 1.12. The molecule has 0 saturated heterocycles. The Labute approximate surface area is 112 Å². The molecule has 1 heterocycles. The second-order valence-electron chi connectivity index (χ2n) is 4.71. The lowest BCUT2D eigenvalue weighted by Crippen LogP contribution is -2.35. The Kier molecular flexibility index (Phi) is 5.54. The van der Waals surface area contributed by atoms with Crippen molar-refractivity contribution in [3.8, 4) is 0 Å². The van der Waals surface area contributed by atoms with E-state index in [0.717, 1.165) is 17.8 Å². The average molecular weight is 267 g/mol. The molecule has 0 saturated carbocycles. The van der Waals surface area contributed by atoms with Gasteiger partial charge < -0.3 is 10.4 Å². The molecule has 0 aliphatic carbocycles. The third-order valence-corrected chi connectivity index (χ3v) is 2.93. The van der Waals surface area contributed by atoms with Crippen molar-refractivity contribution in [2.75, 3.05) is 6.54 Å². The minimum Gasteiger partial charge on any atom is -0.481 e. The molecule has 106 valence electrons. The maximum absolute atomic E-state index is 11.7. The van der Waals surface area contributed by atoms with E-state index in [1.807, 2.05) is 26.8 Å². The molecule has 1 unspecified atom stereocenters.